The molecule has 1 aromatic heterocycles. The SMILES string of the molecule is O=C(Nc1ccccc1Cc1ccccc1)c1ccc2c(=O)n3c(nc2c1)CCCCC3. The van der Waals surface area contributed by atoms with E-state index in [0.717, 1.165) is 55.7 Å². The maximum Gasteiger partial charge on any atom is 0.261 e. The van der Waals surface area contributed by atoms with E-state index in [0.29, 0.717) is 16.5 Å². The highest BCUT2D eigenvalue weighted by Crippen LogP contribution is 2.21. The van der Waals surface area contributed by atoms with E-state index in [4.69, 9.17) is 4.98 Å². The monoisotopic (exact) mass is 423 g/mol. The van der Waals surface area contributed by atoms with Crippen LogP contribution in [0.15, 0.2) is 77.6 Å². The van der Waals surface area contributed by atoms with E-state index in [1.165, 1.54) is 5.56 Å². The Bertz CT molecular complexity index is 1340. The lowest BCUT2D eigenvalue weighted by molar-refractivity contribution is 0.102. The Labute approximate surface area is 186 Å². The summed E-state index contributed by atoms with van der Waals surface area (Å²) in [5.74, 6) is 0.620. The van der Waals surface area contributed by atoms with Crippen LogP contribution in [0, 0.1) is 0 Å². The number of nitrogens with one attached hydrogen (secondary N) is 1. The van der Waals surface area contributed by atoms with Gasteiger partial charge in [-0.1, -0.05) is 55.0 Å². The van der Waals surface area contributed by atoms with Crippen LogP contribution in [0.4, 0.5) is 5.69 Å². The average molecular weight is 424 g/mol. The first-order valence-electron chi connectivity index (χ1n) is 11.2. The predicted molar refractivity (Wildman–Crippen MR) is 127 cm³/mol. The molecular weight excluding hydrogens is 398 g/mol. The van der Waals surface area contributed by atoms with Crippen molar-refractivity contribution in [2.24, 2.45) is 0 Å². The lowest BCUT2D eigenvalue weighted by Gasteiger charge is -2.13. The third-order valence-electron chi connectivity index (χ3n) is 6.08. The average Bonchev–Trinajstić information content (AvgIpc) is 3.06. The maximum absolute atomic E-state index is 13.1. The van der Waals surface area contributed by atoms with Crippen molar-refractivity contribution < 1.29 is 4.79 Å². The van der Waals surface area contributed by atoms with Gasteiger partial charge in [0.1, 0.15) is 5.82 Å². The van der Waals surface area contributed by atoms with E-state index in [1.54, 1.807) is 22.8 Å². The highest BCUT2D eigenvalue weighted by Gasteiger charge is 2.16. The van der Waals surface area contributed by atoms with Gasteiger partial charge >= 0.3 is 0 Å². The van der Waals surface area contributed by atoms with Gasteiger partial charge in [0.05, 0.1) is 10.9 Å². The van der Waals surface area contributed by atoms with Crippen molar-refractivity contribution in [2.45, 2.75) is 38.6 Å². The fourth-order valence-corrected chi connectivity index (χ4v) is 4.37. The summed E-state index contributed by atoms with van der Waals surface area (Å²) in [5.41, 5.74) is 4.11. The minimum Gasteiger partial charge on any atom is -0.322 e. The Balaban J connectivity index is 1.44. The summed E-state index contributed by atoms with van der Waals surface area (Å²) in [7, 11) is 0. The summed E-state index contributed by atoms with van der Waals surface area (Å²) in [6, 6.07) is 23.2. The molecule has 1 N–H and O–H groups in total. The molecule has 0 aliphatic carbocycles. The molecule has 4 aromatic rings. The standard InChI is InChI=1S/C27H25N3O2/c31-26(29-23-12-7-6-11-20(23)17-19-9-3-1-4-10-19)21-14-15-22-24(18-21)28-25-13-5-2-8-16-30(25)27(22)32/h1,3-4,6-7,9-12,14-15,18H,2,5,8,13,16-17H2,(H,29,31). The van der Waals surface area contributed by atoms with Gasteiger partial charge in [-0.25, -0.2) is 4.98 Å². The zero-order valence-electron chi connectivity index (χ0n) is 17.9. The molecule has 0 saturated carbocycles. The zero-order valence-corrected chi connectivity index (χ0v) is 17.9. The van der Waals surface area contributed by atoms with E-state index in [2.05, 4.69) is 17.4 Å². The van der Waals surface area contributed by atoms with Crippen molar-refractivity contribution in [3.05, 3.63) is 106 Å². The summed E-state index contributed by atoms with van der Waals surface area (Å²) < 4.78 is 1.80. The highest BCUT2D eigenvalue weighted by atomic mass is 16.1. The molecule has 1 aliphatic rings. The van der Waals surface area contributed by atoms with Gasteiger partial charge < -0.3 is 5.32 Å². The number of carbonyl (C=O) groups excluding carboxylic acids is 1. The second kappa shape index (κ2) is 8.79. The first-order valence-corrected chi connectivity index (χ1v) is 11.2. The Kier molecular flexibility index (Phi) is 5.55. The highest BCUT2D eigenvalue weighted by molar-refractivity contribution is 6.06. The van der Waals surface area contributed by atoms with Gasteiger partial charge in [-0.05, 0) is 54.7 Å². The number of benzene rings is 3. The number of rotatable bonds is 4. The van der Waals surface area contributed by atoms with E-state index >= 15 is 0 Å². The van der Waals surface area contributed by atoms with Crippen LogP contribution >= 0.6 is 0 Å². The molecule has 1 aliphatic heterocycles. The molecule has 5 rings (SSSR count). The Morgan fingerprint density at radius 3 is 2.62 bits per heavy atom. The number of hydrogen-bond donors (Lipinski definition) is 1. The van der Waals surface area contributed by atoms with Gasteiger partial charge in [-0.2, -0.15) is 0 Å². The zero-order chi connectivity index (χ0) is 21.9. The van der Waals surface area contributed by atoms with Crippen molar-refractivity contribution in [1.29, 1.82) is 0 Å². The van der Waals surface area contributed by atoms with Crippen molar-refractivity contribution in [3.63, 3.8) is 0 Å². The van der Waals surface area contributed by atoms with Gasteiger partial charge in [0.25, 0.3) is 11.5 Å². The molecule has 0 spiro atoms. The van der Waals surface area contributed by atoms with Crippen LogP contribution < -0.4 is 10.9 Å². The van der Waals surface area contributed by atoms with Crippen LogP contribution in [0.25, 0.3) is 10.9 Å². The summed E-state index contributed by atoms with van der Waals surface area (Å²) >= 11 is 0. The molecule has 0 fully saturated rings. The summed E-state index contributed by atoms with van der Waals surface area (Å²) in [4.78, 5) is 30.8. The largest absolute Gasteiger partial charge is 0.322 e. The number of anilines is 1. The minimum absolute atomic E-state index is 0.00735. The van der Waals surface area contributed by atoms with Crippen LogP contribution in [0.1, 0.15) is 46.6 Å². The van der Waals surface area contributed by atoms with Crippen LogP contribution in [0.5, 0.6) is 0 Å². The molecule has 0 radical (unpaired) electrons. The molecule has 3 aromatic carbocycles. The number of nitrogens with zero attached hydrogens (tertiary/aromatic N) is 2. The summed E-state index contributed by atoms with van der Waals surface area (Å²) in [6.45, 7) is 0.720. The van der Waals surface area contributed by atoms with Gasteiger partial charge in [0, 0.05) is 24.2 Å². The molecule has 5 nitrogen and oxygen atoms in total. The molecule has 32 heavy (non-hydrogen) atoms. The lowest BCUT2D eigenvalue weighted by atomic mass is 10.0. The van der Waals surface area contributed by atoms with Crippen molar-refractivity contribution in [1.82, 2.24) is 9.55 Å². The fourth-order valence-electron chi connectivity index (χ4n) is 4.37. The van der Waals surface area contributed by atoms with E-state index < -0.39 is 0 Å². The second-order valence-electron chi connectivity index (χ2n) is 8.30. The molecule has 2 heterocycles. The number of fused-ring (bicyclic) bond motifs is 2. The van der Waals surface area contributed by atoms with Crippen LogP contribution in [-0.2, 0) is 19.4 Å². The van der Waals surface area contributed by atoms with Crippen LogP contribution in [0.3, 0.4) is 0 Å². The van der Waals surface area contributed by atoms with E-state index in [9.17, 15) is 9.59 Å². The second-order valence-corrected chi connectivity index (χ2v) is 8.30. The minimum atomic E-state index is -0.204. The molecule has 0 atom stereocenters. The number of aromatic nitrogens is 2. The molecule has 5 heteroatoms. The van der Waals surface area contributed by atoms with Gasteiger partial charge in [0.15, 0.2) is 0 Å². The smallest absolute Gasteiger partial charge is 0.261 e. The molecular formula is C27H25N3O2. The molecule has 0 unspecified atom stereocenters. The molecule has 160 valence electrons. The predicted octanol–water partition coefficient (Wildman–Crippen LogP) is 4.97. The summed E-state index contributed by atoms with van der Waals surface area (Å²) in [5, 5.41) is 3.62. The topological polar surface area (TPSA) is 64.0 Å². The van der Waals surface area contributed by atoms with E-state index in [1.807, 2.05) is 42.5 Å². The van der Waals surface area contributed by atoms with Gasteiger partial charge in [0.2, 0.25) is 0 Å². The first-order chi connectivity index (χ1) is 15.7. The van der Waals surface area contributed by atoms with Crippen molar-refractivity contribution in [3.8, 4) is 0 Å². The Hall–Kier alpha value is -3.73. The van der Waals surface area contributed by atoms with E-state index in [-0.39, 0.29) is 11.5 Å². The third kappa shape index (κ3) is 4.06. The molecule has 0 bridgehead atoms. The number of amides is 1. The molecule has 1 amide bonds. The fraction of sp³-hybridized carbons (Fsp3) is 0.222. The van der Waals surface area contributed by atoms with Crippen LogP contribution in [-0.4, -0.2) is 15.5 Å². The van der Waals surface area contributed by atoms with Crippen molar-refractivity contribution >= 4 is 22.5 Å². The lowest BCUT2D eigenvalue weighted by Crippen LogP contribution is -2.24. The van der Waals surface area contributed by atoms with Crippen molar-refractivity contribution in [2.75, 3.05) is 5.32 Å². The van der Waals surface area contributed by atoms with Gasteiger partial charge in [-0.15, -0.1) is 0 Å². The number of para-hydroxylation sites is 1. The number of aryl methyl sites for hydroxylation is 1. The van der Waals surface area contributed by atoms with Gasteiger partial charge in [-0.3, -0.25) is 14.2 Å². The Morgan fingerprint density at radius 1 is 0.938 bits per heavy atom. The Morgan fingerprint density at radius 2 is 1.75 bits per heavy atom. The molecule has 0 saturated heterocycles. The number of carbonyl (C=O) groups is 1. The first kappa shape index (κ1) is 20.2. The van der Waals surface area contributed by atoms with Crippen LogP contribution in [0.2, 0.25) is 0 Å². The quantitative estimate of drug-likeness (QED) is 0.504. The normalized spacial score (nSPS) is 13.4. The summed E-state index contributed by atoms with van der Waals surface area (Å²) in [6.07, 6.45) is 4.68. The maximum atomic E-state index is 13.1. The third-order valence-corrected chi connectivity index (χ3v) is 6.08. The number of hydrogen-bond acceptors (Lipinski definition) is 3.